The lowest BCUT2D eigenvalue weighted by Gasteiger charge is -2.45. The lowest BCUT2D eigenvalue weighted by molar-refractivity contribution is -0.116. The number of ether oxygens (including phenoxy) is 1. The number of fused-ring (bicyclic) bond motifs is 1. The summed E-state index contributed by atoms with van der Waals surface area (Å²) in [6, 6.07) is 8.95. The van der Waals surface area contributed by atoms with Gasteiger partial charge in [0.2, 0.25) is 0 Å². The van der Waals surface area contributed by atoms with Crippen molar-refractivity contribution in [2.75, 3.05) is 26.3 Å². The van der Waals surface area contributed by atoms with Gasteiger partial charge in [-0.2, -0.15) is 0 Å². The summed E-state index contributed by atoms with van der Waals surface area (Å²) in [7, 11) is 0. The highest BCUT2D eigenvalue weighted by atomic mass is 32.2. The Hall–Kier alpha value is -1.10. The smallest absolute Gasteiger partial charge is 0.155 e. The summed E-state index contributed by atoms with van der Waals surface area (Å²) in [6.07, 6.45) is 4.43. The predicted molar refractivity (Wildman–Crippen MR) is 108 cm³/mol. The van der Waals surface area contributed by atoms with Gasteiger partial charge in [0.1, 0.15) is 0 Å². The molecule has 1 unspecified atom stereocenters. The van der Waals surface area contributed by atoms with Crippen LogP contribution in [0.5, 0.6) is 0 Å². The van der Waals surface area contributed by atoms with Gasteiger partial charge in [0.05, 0.1) is 6.61 Å². The number of hydrogen-bond acceptors (Lipinski definition) is 4. The highest BCUT2D eigenvalue weighted by Crippen LogP contribution is 2.45. The van der Waals surface area contributed by atoms with Crippen LogP contribution in [0.1, 0.15) is 52.5 Å². The molecule has 1 aliphatic heterocycles. The number of nitrogens with zero attached hydrogens (tertiary/aromatic N) is 1. The number of ketones is 1. The van der Waals surface area contributed by atoms with Crippen LogP contribution in [-0.2, 0) is 14.9 Å². The number of allylic oxidation sites excluding steroid dienone is 1. The van der Waals surface area contributed by atoms with E-state index in [4.69, 9.17) is 4.74 Å². The average Bonchev–Trinajstić information content (AvgIpc) is 2.60. The third-order valence-electron chi connectivity index (χ3n) is 5.51. The molecule has 1 saturated heterocycles. The molecule has 1 aliphatic carbocycles. The monoisotopic (exact) mass is 373 g/mol. The fourth-order valence-corrected chi connectivity index (χ4v) is 4.92. The average molecular weight is 374 g/mol. The molecule has 0 amide bonds. The van der Waals surface area contributed by atoms with E-state index < -0.39 is 0 Å². The summed E-state index contributed by atoms with van der Waals surface area (Å²) < 4.78 is 8.29. The van der Waals surface area contributed by atoms with E-state index in [1.807, 2.05) is 24.9 Å². The first-order valence-electron chi connectivity index (χ1n) is 9.67. The molecule has 0 N–H and O–H groups in total. The summed E-state index contributed by atoms with van der Waals surface area (Å²) in [5, 5.41) is 0. The Labute approximate surface area is 162 Å². The molecule has 1 aromatic rings. The molecule has 1 heterocycles. The molecule has 142 valence electrons. The zero-order valence-corrected chi connectivity index (χ0v) is 17.3. The summed E-state index contributed by atoms with van der Waals surface area (Å²) in [4.78, 5) is 13.2. The van der Waals surface area contributed by atoms with Crippen LogP contribution < -0.4 is 0 Å². The van der Waals surface area contributed by atoms with Crippen molar-refractivity contribution < 1.29 is 9.53 Å². The van der Waals surface area contributed by atoms with Gasteiger partial charge in [-0.15, -0.1) is 0 Å². The van der Waals surface area contributed by atoms with E-state index >= 15 is 0 Å². The van der Waals surface area contributed by atoms with E-state index in [2.05, 4.69) is 49.3 Å². The molecule has 3 nitrogen and oxygen atoms in total. The number of carbonyl (C=O) groups excluding carboxylic acids is 1. The van der Waals surface area contributed by atoms with Gasteiger partial charge in [-0.1, -0.05) is 38.5 Å². The van der Waals surface area contributed by atoms with Gasteiger partial charge in [-0.25, -0.2) is 4.31 Å². The second-order valence-electron chi connectivity index (χ2n) is 8.53. The highest BCUT2D eigenvalue weighted by molar-refractivity contribution is 7.97. The van der Waals surface area contributed by atoms with E-state index in [1.165, 1.54) is 16.0 Å². The van der Waals surface area contributed by atoms with Crippen LogP contribution in [0.4, 0.5) is 0 Å². The highest BCUT2D eigenvalue weighted by Gasteiger charge is 2.42. The number of rotatable bonds is 5. The van der Waals surface area contributed by atoms with Gasteiger partial charge in [-0.05, 0) is 60.9 Å². The molecule has 1 aromatic carbocycles. The van der Waals surface area contributed by atoms with Crippen molar-refractivity contribution in [3.8, 4) is 0 Å². The van der Waals surface area contributed by atoms with E-state index in [-0.39, 0.29) is 16.6 Å². The molecule has 1 atom stereocenters. The maximum atomic E-state index is 11.9. The van der Waals surface area contributed by atoms with Gasteiger partial charge in [0.25, 0.3) is 0 Å². The van der Waals surface area contributed by atoms with Crippen molar-refractivity contribution in [3.05, 3.63) is 41.5 Å². The Morgan fingerprint density at radius 3 is 2.58 bits per heavy atom. The normalized spacial score (nSPS) is 24.3. The molecular weight excluding hydrogens is 342 g/mol. The van der Waals surface area contributed by atoms with Gasteiger partial charge in [0.15, 0.2) is 5.78 Å². The quantitative estimate of drug-likeness (QED) is 0.679. The molecule has 0 bridgehead atoms. The van der Waals surface area contributed by atoms with Crippen LogP contribution in [0.15, 0.2) is 40.8 Å². The van der Waals surface area contributed by atoms with Gasteiger partial charge < -0.3 is 4.74 Å². The zero-order valence-electron chi connectivity index (χ0n) is 16.5. The molecule has 0 spiro atoms. The molecule has 0 radical (unpaired) electrons. The number of carbonyl (C=O) groups is 1. The van der Waals surface area contributed by atoms with Crippen molar-refractivity contribution in [2.24, 2.45) is 5.41 Å². The summed E-state index contributed by atoms with van der Waals surface area (Å²) in [5.74, 6) is 0.283. The fourth-order valence-electron chi connectivity index (χ4n) is 3.87. The molecule has 0 saturated carbocycles. The van der Waals surface area contributed by atoms with E-state index in [0.717, 1.165) is 39.1 Å². The maximum absolute atomic E-state index is 11.9. The van der Waals surface area contributed by atoms with Crippen molar-refractivity contribution in [1.82, 2.24) is 4.31 Å². The Balaban J connectivity index is 1.72. The van der Waals surface area contributed by atoms with E-state index in [9.17, 15) is 4.79 Å². The van der Waals surface area contributed by atoms with Crippen LogP contribution in [0.2, 0.25) is 0 Å². The maximum Gasteiger partial charge on any atom is 0.155 e. The predicted octanol–water partition coefficient (Wildman–Crippen LogP) is 5.01. The molecule has 26 heavy (non-hydrogen) atoms. The van der Waals surface area contributed by atoms with Gasteiger partial charge in [-0.3, -0.25) is 4.79 Å². The number of hydrogen-bond donors (Lipinski definition) is 0. The standard InChI is InChI=1S/C22H31NO2S/c1-5-25-16-22-12-10-19(24)14-18(22)11-13-23(15-22)26-20-8-6-17(7-9-20)21(2,3)4/h6-9,14H,5,10-13,15-16H2,1-4H3. The van der Waals surface area contributed by atoms with Crippen molar-refractivity contribution in [1.29, 1.82) is 0 Å². The minimum atomic E-state index is 0.0144. The van der Waals surface area contributed by atoms with Crippen molar-refractivity contribution in [2.45, 2.75) is 57.3 Å². The SMILES string of the molecule is CCOCC12CCC(=O)C=C1CCN(Sc1ccc(C(C)(C)C)cc1)C2. The molecule has 4 heteroatoms. The third-order valence-corrected chi connectivity index (χ3v) is 6.57. The molecule has 3 rings (SSSR count). The first-order valence-corrected chi connectivity index (χ1v) is 10.4. The number of benzene rings is 1. The van der Waals surface area contributed by atoms with Gasteiger partial charge in [0, 0.05) is 36.4 Å². The lowest BCUT2D eigenvalue weighted by atomic mass is 9.69. The minimum absolute atomic E-state index is 0.0144. The summed E-state index contributed by atoms with van der Waals surface area (Å²) in [6.45, 7) is 12.2. The summed E-state index contributed by atoms with van der Waals surface area (Å²) in [5.41, 5.74) is 2.87. The Kier molecular flexibility index (Phi) is 5.95. The Bertz CT molecular complexity index is 674. The first kappa shape index (κ1) is 19.7. The molecular formula is C22H31NO2S. The first-order chi connectivity index (χ1) is 12.3. The fraction of sp³-hybridized carbons (Fsp3) is 0.591. The second kappa shape index (κ2) is 7.87. The zero-order chi connectivity index (χ0) is 18.8. The Morgan fingerprint density at radius 2 is 1.92 bits per heavy atom. The molecule has 2 aliphatic rings. The van der Waals surface area contributed by atoms with Crippen molar-refractivity contribution in [3.63, 3.8) is 0 Å². The van der Waals surface area contributed by atoms with Crippen LogP contribution in [0, 0.1) is 5.41 Å². The van der Waals surface area contributed by atoms with Crippen LogP contribution in [0.25, 0.3) is 0 Å². The largest absolute Gasteiger partial charge is 0.381 e. The Morgan fingerprint density at radius 1 is 1.19 bits per heavy atom. The molecule has 0 aromatic heterocycles. The van der Waals surface area contributed by atoms with E-state index in [1.54, 1.807) is 0 Å². The molecule has 1 fully saturated rings. The van der Waals surface area contributed by atoms with E-state index in [0.29, 0.717) is 6.42 Å². The van der Waals surface area contributed by atoms with Crippen molar-refractivity contribution >= 4 is 17.7 Å². The van der Waals surface area contributed by atoms with Crippen LogP contribution in [0.3, 0.4) is 0 Å². The number of piperidine rings is 1. The topological polar surface area (TPSA) is 29.5 Å². The summed E-state index contributed by atoms with van der Waals surface area (Å²) >= 11 is 1.84. The minimum Gasteiger partial charge on any atom is -0.381 e. The second-order valence-corrected chi connectivity index (χ2v) is 9.70. The van der Waals surface area contributed by atoms with Crippen LogP contribution >= 0.6 is 11.9 Å². The third kappa shape index (κ3) is 4.41. The lowest BCUT2D eigenvalue weighted by Crippen LogP contribution is -2.46. The van der Waals surface area contributed by atoms with Gasteiger partial charge >= 0.3 is 0 Å². The van der Waals surface area contributed by atoms with Crippen LogP contribution in [-0.4, -0.2) is 36.4 Å².